The zero-order chi connectivity index (χ0) is 15.6. The van der Waals surface area contributed by atoms with Crippen molar-refractivity contribution in [1.82, 2.24) is 9.88 Å². The number of furan rings is 1. The van der Waals surface area contributed by atoms with Gasteiger partial charge in [0.25, 0.3) is 0 Å². The SMILES string of the molecule is O=C([C@H]1C[C@H]2CC[C@H]1C2)N(Cc1cccnc1)Cc1ccco1. The van der Waals surface area contributed by atoms with E-state index in [0.717, 1.165) is 23.7 Å². The number of hydrogen-bond acceptors (Lipinski definition) is 3. The predicted octanol–water partition coefficient (Wildman–Crippen LogP) is 3.64. The summed E-state index contributed by atoms with van der Waals surface area (Å²) in [6.45, 7) is 1.13. The third-order valence-corrected chi connectivity index (χ3v) is 5.39. The summed E-state index contributed by atoms with van der Waals surface area (Å²) in [5.41, 5.74) is 1.07. The number of carbonyl (C=O) groups excluding carboxylic acids is 1. The minimum absolute atomic E-state index is 0.209. The molecule has 2 aliphatic rings. The van der Waals surface area contributed by atoms with E-state index in [9.17, 15) is 4.79 Å². The van der Waals surface area contributed by atoms with E-state index >= 15 is 0 Å². The van der Waals surface area contributed by atoms with Gasteiger partial charge in [-0.15, -0.1) is 0 Å². The fourth-order valence-corrected chi connectivity index (χ4v) is 4.30. The summed E-state index contributed by atoms with van der Waals surface area (Å²) >= 11 is 0. The summed E-state index contributed by atoms with van der Waals surface area (Å²) < 4.78 is 5.47. The van der Waals surface area contributed by atoms with Gasteiger partial charge in [-0.2, -0.15) is 0 Å². The van der Waals surface area contributed by atoms with E-state index in [1.165, 1.54) is 19.3 Å². The van der Waals surface area contributed by atoms with E-state index in [1.807, 2.05) is 35.4 Å². The molecule has 2 saturated carbocycles. The molecular formula is C19H22N2O2. The van der Waals surface area contributed by atoms with E-state index < -0.39 is 0 Å². The maximum Gasteiger partial charge on any atom is 0.226 e. The summed E-state index contributed by atoms with van der Waals surface area (Å²) in [5, 5.41) is 0. The summed E-state index contributed by atoms with van der Waals surface area (Å²) in [7, 11) is 0. The van der Waals surface area contributed by atoms with Gasteiger partial charge in [-0.05, 0) is 54.9 Å². The molecule has 0 spiro atoms. The molecule has 0 N–H and O–H groups in total. The van der Waals surface area contributed by atoms with Crippen LogP contribution in [0.4, 0.5) is 0 Å². The van der Waals surface area contributed by atoms with Crippen molar-refractivity contribution in [2.24, 2.45) is 17.8 Å². The van der Waals surface area contributed by atoms with Gasteiger partial charge in [0.15, 0.2) is 0 Å². The number of hydrogen-bond donors (Lipinski definition) is 0. The Hall–Kier alpha value is -2.10. The lowest BCUT2D eigenvalue weighted by Crippen LogP contribution is -2.37. The molecule has 2 aliphatic carbocycles. The van der Waals surface area contributed by atoms with Gasteiger partial charge in [0.1, 0.15) is 5.76 Å². The molecule has 4 heteroatoms. The molecular weight excluding hydrogens is 288 g/mol. The smallest absolute Gasteiger partial charge is 0.226 e. The van der Waals surface area contributed by atoms with Crippen molar-refractivity contribution >= 4 is 5.91 Å². The molecule has 2 heterocycles. The Kier molecular flexibility index (Phi) is 3.90. The number of rotatable bonds is 5. The van der Waals surface area contributed by atoms with Crippen molar-refractivity contribution in [3.8, 4) is 0 Å². The molecule has 3 atom stereocenters. The van der Waals surface area contributed by atoms with Crippen molar-refractivity contribution in [3.63, 3.8) is 0 Å². The van der Waals surface area contributed by atoms with Gasteiger partial charge in [0, 0.05) is 24.9 Å². The highest BCUT2D eigenvalue weighted by Gasteiger charge is 2.44. The van der Waals surface area contributed by atoms with Crippen molar-refractivity contribution in [2.75, 3.05) is 0 Å². The van der Waals surface area contributed by atoms with Crippen LogP contribution in [0.1, 0.15) is 37.0 Å². The summed E-state index contributed by atoms with van der Waals surface area (Å²) in [6, 6.07) is 7.75. The normalized spacial score (nSPS) is 25.7. The number of nitrogens with zero attached hydrogens (tertiary/aromatic N) is 2. The molecule has 4 nitrogen and oxygen atoms in total. The molecule has 0 aliphatic heterocycles. The molecule has 0 aromatic carbocycles. The summed E-state index contributed by atoms with van der Waals surface area (Å²) in [4.78, 5) is 19.2. The Bertz CT molecular complexity index is 653. The van der Waals surface area contributed by atoms with Gasteiger partial charge in [-0.1, -0.05) is 12.5 Å². The highest BCUT2D eigenvalue weighted by atomic mass is 16.3. The first-order chi connectivity index (χ1) is 11.3. The average Bonchev–Trinajstić information content (AvgIpc) is 3.32. The Balaban J connectivity index is 1.53. The van der Waals surface area contributed by atoms with Crippen LogP contribution in [0.5, 0.6) is 0 Å². The van der Waals surface area contributed by atoms with Gasteiger partial charge in [0.2, 0.25) is 5.91 Å². The predicted molar refractivity (Wildman–Crippen MR) is 86.1 cm³/mol. The van der Waals surface area contributed by atoms with E-state index in [4.69, 9.17) is 4.42 Å². The fourth-order valence-electron chi connectivity index (χ4n) is 4.30. The monoisotopic (exact) mass is 310 g/mol. The van der Waals surface area contributed by atoms with Crippen molar-refractivity contribution in [3.05, 3.63) is 54.2 Å². The fraction of sp³-hybridized carbons (Fsp3) is 0.474. The minimum Gasteiger partial charge on any atom is -0.467 e. The zero-order valence-corrected chi connectivity index (χ0v) is 13.2. The maximum absolute atomic E-state index is 13.1. The second kappa shape index (κ2) is 6.19. The van der Waals surface area contributed by atoms with Crippen LogP contribution in [0.2, 0.25) is 0 Å². The lowest BCUT2D eigenvalue weighted by molar-refractivity contribution is -0.138. The second-order valence-corrected chi connectivity index (χ2v) is 6.92. The standard InChI is InChI=1S/C19H22N2O2/c22-19(18-10-14-5-6-16(18)9-14)21(13-17-4-2-8-23-17)12-15-3-1-7-20-11-15/h1-4,7-8,11,14,16,18H,5-6,9-10,12-13H2/t14-,16-,18-/m0/s1. The topological polar surface area (TPSA) is 46.3 Å². The van der Waals surface area contributed by atoms with E-state index in [2.05, 4.69) is 4.98 Å². The zero-order valence-electron chi connectivity index (χ0n) is 13.2. The molecule has 2 aromatic heterocycles. The van der Waals surface area contributed by atoms with Crippen LogP contribution in [0, 0.1) is 17.8 Å². The largest absolute Gasteiger partial charge is 0.467 e. The third-order valence-electron chi connectivity index (χ3n) is 5.39. The Labute approximate surface area is 136 Å². The molecule has 0 saturated heterocycles. The van der Waals surface area contributed by atoms with Crippen LogP contribution in [-0.2, 0) is 17.9 Å². The number of amides is 1. The molecule has 2 aromatic rings. The highest BCUT2D eigenvalue weighted by molar-refractivity contribution is 5.79. The molecule has 23 heavy (non-hydrogen) atoms. The van der Waals surface area contributed by atoms with Crippen LogP contribution >= 0.6 is 0 Å². The minimum atomic E-state index is 0.209. The van der Waals surface area contributed by atoms with E-state index in [0.29, 0.717) is 19.0 Å². The molecule has 4 rings (SSSR count). The van der Waals surface area contributed by atoms with E-state index in [1.54, 1.807) is 12.5 Å². The Morgan fingerprint density at radius 2 is 2.17 bits per heavy atom. The number of fused-ring (bicyclic) bond motifs is 2. The third kappa shape index (κ3) is 3.03. The molecule has 2 bridgehead atoms. The van der Waals surface area contributed by atoms with Crippen LogP contribution in [-0.4, -0.2) is 15.8 Å². The van der Waals surface area contributed by atoms with Gasteiger partial charge < -0.3 is 9.32 Å². The van der Waals surface area contributed by atoms with Gasteiger partial charge in [-0.3, -0.25) is 9.78 Å². The van der Waals surface area contributed by atoms with Crippen molar-refractivity contribution in [2.45, 2.75) is 38.8 Å². The van der Waals surface area contributed by atoms with Gasteiger partial charge in [-0.25, -0.2) is 0 Å². The molecule has 0 unspecified atom stereocenters. The first kappa shape index (κ1) is 14.5. The highest BCUT2D eigenvalue weighted by Crippen LogP contribution is 2.49. The second-order valence-electron chi connectivity index (χ2n) is 6.92. The molecule has 1 amide bonds. The number of carbonyl (C=O) groups is 1. The van der Waals surface area contributed by atoms with Crippen LogP contribution in [0.15, 0.2) is 47.3 Å². The number of aromatic nitrogens is 1. The summed E-state index contributed by atoms with van der Waals surface area (Å²) in [6.07, 6.45) is 10.1. The van der Waals surface area contributed by atoms with E-state index in [-0.39, 0.29) is 11.8 Å². The lowest BCUT2D eigenvalue weighted by atomic mass is 9.87. The van der Waals surface area contributed by atoms with Crippen LogP contribution in [0.3, 0.4) is 0 Å². The van der Waals surface area contributed by atoms with Crippen molar-refractivity contribution in [1.29, 1.82) is 0 Å². The van der Waals surface area contributed by atoms with Crippen LogP contribution < -0.4 is 0 Å². The molecule has 2 fully saturated rings. The first-order valence-corrected chi connectivity index (χ1v) is 8.49. The van der Waals surface area contributed by atoms with Crippen molar-refractivity contribution < 1.29 is 9.21 Å². The molecule has 120 valence electrons. The Morgan fingerprint density at radius 1 is 1.22 bits per heavy atom. The Morgan fingerprint density at radius 3 is 2.83 bits per heavy atom. The first-order valence-electron chi connectivity index (χ1n) is 8.49. The lowest BCUT2D eigenvalue weighted by Gasteiger charge is -2.29. The quantitative estimate of drug-likeness (QED) is 0.847. The summed E-state index contributed by atoms with van der Waals surface area (Å²) in [5.74, 6) is 2.71. The average molecular weight is 310 g/mol. The number of pyridine rings is 1. The van der Waals surface area contributed by atoms with Crippen LogP contribution in [0.25, 0.3) is 0 Å². The van der Waals surface area contributed by atoms with Gasteiger partial charge in [0.05, 0.1) is 12.8 Å². The van der Waals surface area contributed by atoms with Gasteiger partial charge >= 0.3 is 0 Å². The maximum atomic E-state index is 13.1. The molecule has 0 radical (unpaired) electrons.